The molecule has 0 aromatic rings. The standard InChI is InChI=1S/C8H10O/c1-8(2)6-4-3-5-7-9/h8-9H,7H2,1-2H3. The van der Waals surface area contributed by atoms with Gasteiger partial charge in [0.05, 0.1) is 0 Å². The molecule has 48 valence electrons. The van der Waals surface area contributed by atoms with Crippen molar-refractivity contribution in [1.29, 1.82) is 0 Å². The normalized spacial score (nSPS) is 7.11. The molecule has 0 aliphatic rings. The van der Waals surface area contributed by atoms with Crippen LogP contribution in [-0.4, -0.2) is 11.7 Å². The highest BCUT2D eigenvalue weighted by molar-refractivity contribution is 5.26. The second kappa shape index (κ2) is 5.22. The van der Waals surface area contributed by atoms with Gasteiger partial charge in [-0.05, 0) is 11.8 Å². The third-order valence-electron chi connectivity index (χ3n) is 0.591. The average Bonchev–Trinajstić information content (AvgIpc) is 1.80. The number of aliphatic hydroxyl groups is 1. The predicted molar refractivity (Wildman–Crippen MR) is 37.5 cm³/mol. The maximum Gasteiger partial charge on any atom is 0.105 e. The summed E-state index contributed by atoms with van der Waals surface area (Å²) in [6.45, 7) is 3.88. The molecular weight excluding hydrogens is 112 g/mol. The summed E-state index contributed by atoms with van der Waals surface area (Å²) in [5, 5.41) is 8.19. The molecule has 0 heterocycles. The molecule has 0 rings (SSSR count). The van der Waals surface area contributed by atoms with E-state index in [1.54, 1.807) is 0 Å². The van der Waals surface area contributed by atoms with Gasteiger partial charge in [0.2, 0.25) is 0 Å². The van der Waals surface area contributed by atoms with Crippen LogP contribution in [0.3, 0.4) is 0 Å². The molecule has 0 aliphatic heterocycles. The van der Waals surface area contributed by atoms with E-state index in [2.05, 4.69) is 23.7 Å². The Morgan fingerprint density at radius 2 is 2.00 bits per heavy atom. The predicted octanol–water partition coefficient (Wildman–Crippen LogP) is 0.641. The van der Waals surface area contributed by atoms with E-state index in [4.69, 9.17) is 5.11 Å². The molecule has 0 fully saturated rings. The Morgan fingerprint density at radius 3 is 2.44 bits per heavy atom. The lowest BCUT2D eigenvalue weighted by molar-refractivity contribution is 0.350. The summed E-state index contributed by atoms with van der Waals surface area (Å²) in [6.07, 6.45) is 0. The van der Waals surface area contributed by atoms with Gasteiger partial charge in [0.15, 0.2) is 0 Å². The van der Waals surface area contributed by atoms with E-state index in [-0.39, 0.29) is 6.61 Å². The van der Waals surface area contributed by atoms with Crippen molar-refractivity contribution in [2.75, 3.05) is 6.61 Å². The molecule has 1 nitrogen and oxygen atoms in total. The minimum atomic E-state index is -0.104. The lowest BCUT2D eigenvalue weighted by atomic mass is 10.2. The van der Waals surface area contributed by atoms with Crippen molar-refractivity contribution in [1.82, 2.24) is 0 Å². The van der Waals surface area contributed by atoms with Gasteiger partial charge < -0.3 is 5.11 Å². The molecule has 0 radical (unpaired) electrons. The Hall–Kier alpha value is -0.920. The molecule has 1 N–H and O–H groups in total. The van der Waals surface area contributed by atoms with Crippen molar-refractivity contribution in [2.45, 2.75) is 13.8 Å². The second-order valence-corrected chi connectivity index (χ2v) is 1.88. The van der Waals surface area contributed by atoms with Crippen LogP contribution in [0.25, 0.3) is 0 Å². The van der Waals surface area contributed by atoms with Crippen molar-refractivity contribution in [3.8, 4) is 23.7 Å². The third kappa shape index (κ3) is 7.08. The van der Waals surface area contributed by atoms with E-state index in [1.165, 1.54) is 0 Å². The molecule has 9 heavy (non-hydrogen) atoms. The first kappa shape index (κ1) is 8.08. The van der Waals surface area contributed by atoms with E-state index in [9.17, 15) is 0 Å². The summed E-state index contributed by atoms with van der Waals surface area (Å²) >= 11 is 0. The summed E-state index contributed by atoms with van der Waals surface area (Å²) in [6, 6.07) is 0. The number of hydrogen-bond acceptors (Lipinski definition) is 1. The van der Waals surface area contributed by atoms with Gasteiger partial charge in [0.1, 0.15) is 6.61 Å². The van der Waals surface area contributed by atoms with Crippen molar-refractivity contribution < 1.29 is 5.11 Å². The van der Waals surface area contributed by atoms with Crippen molar-refractivity contribution >= 4 is 0 Å². The molecule has 0 spiro atoms. The van der Waals surface area contributed by atoms with E-state index < -0.39 is 0 Å². The third-order valence-corrected chi connectivity index (χ3v) is 0.591. The van der Waals surface area contributed by atoms with Crippen molar-refractivity contribution in [3.63, 3.8) is 0 Å². The summed E-state index contributed by atoms with van der Waals surface area (Å²) in [7, 11) is 0. The Balaban J connectivity index is 3.61. The number of aliphatic hydroxyl groups excluding tert-OH is 1. The molecule has 0 atom stereocenters. The highest BCUT2D eigenvalue weighted by atomic mass is 16.2. The molecule has 1 heteroatoms. The second-order valence-electron chi connectivity index (χ2n) is 1.88. The first-order valence-corrected chi connectivity index (χ1v) is 2.86. The fraction of sp³-hybridized carbons (Fsp3) is 0.500. The minimum absolute atomic E-state index is 0.104. The molecule has 0 unspecified atom stereocenters. The van der Waals surface area contributed by atoms with Gasteiger partial charge in [-0.2, -0.15) is 0 Å². The summed E-state index contributed by atoms with van der Waals surface area (Å²) < 4.78 is 0. The van der Waals surface area contributed by atoms with Gasteiger partial charge >= 0.3 is 0 Å². The van der Waals surface area contributed by atoms with Crippen molar-refractivity contribution in [2.24, 2.45) is 5.92 Å². The fourth-order valence-corrected chi connectivity index (χ4v) is 0.264. The molecule has 0 aromatic carbocycles. The van der Waals surface area contributed by atoms with Crippen molar-refractivity contribution in [3.05, 3.63) is 0 Å². The lowest BCUT2D eigenvalue weighted by Gasteiger charge is -1.82. The minimum Gasteiger partial charge on any atom is -0.384 e. The molecule has 0 bridgehead atoms. The molecular formula is C8H10O. The Kier molecular flexibility index (Phi) is 4.69. The summed E-state index contributed by atoms with van der Waals surface area (Å²) in [5.41, 5.74) is 0. The molecule has 0 amide bonds. The van der Waals surface area contributed by atoms with Crippen LogP contribution in [-0.2, 0) is 0 Å². The summed E-state index contributed by atoms with van der Waals surface area (Å²) in [5.74, 6) is 10.8. The highest BCUT2D eigenvalue weighted by Gasteiger charge is 1.77. The van der Waals surface area contributed by atoms with Crippen LogP contribution in [0, 0.1) is 29.6 Å². The molecule has 0 aliphatic carbocycles. The number of rotatable bonds is 0. The van der Waals surface area contributed by atoms with E-state index >= 15 is 0 Å². The zero-order chi connectivity index (χ0) is 7.11. The smallest absolute Gasteiger partial charge is 0.105 e. The van der Waals surface area contributed by atoms with Gasteiger partial charge in [0.25, 0.3) is 0 Å². The molecule has 0 saturated carbocycles. The van der Waals surface area contributed by atoms with E-state index in [0.29, 0.717) is 5.92 Å². The maximum atomic E-state index is 8.19. The van der Waals surface area contributed by atoms with Crippen LogP contribution in [0.5, 0.6) is 0 Å². The Labute approximate surface area is 56.1 Å². The Bertz CT molecular complexity index is 170. The first-order chi connectivity index (χ1) is 4.27. The Morgan fingerprint density at radius 1 is 1.33 bits per heavy atom. The van der Waals surface area contributed by atoms with Crippen LogP contribution in [0.15, 0.2) is 0 Å². The van der Waals surface area contributed by atoms with Gasteiger partial charge in [0, 0.05) is 5.92 Å². The maximum absolute atomic E-state index is 8.19. The zero-order valence-corrected chi connectivity index (χ0v) is 5.73. The van der Waals surface area contributed by atoms with Crippen LogP contribution in [0.2, 0.25) is 0 Å². The van der Waals surface area contributed by atoms with Crippen LogP contribution in [0.4, 0.5) is 0 Å². The van der Waals surface area contributed by atoms with Gasteiger partial charge in [-0.15, -0.1) is 0 Å². The molecule has 0 aromatic heterocycles. The summed E-state index contributed by atoms with van der Waals surface area (Å²) in [4.78, 5) is 0. The highest BCUT2D eigenvalue weighted by Crippen LogP contribution is 1.83. The van der Waals surface area contributed by atoms with Crippen LogP contribution < -0.4 is 0 Å². The van der Waals surface area contributed by atoms with E-state index in [1.807, 2.05) is 13.8 Å². The average molecular weight is 122 g/mol. The van der Waals surface area contributed by atoms with E-state index in [0.717, 1.165) is 0 Å². The van der Waals surface area contributed by atoms with Crippen LogP contribution >= 0.6 is 0 Å². The lowest BCUT2D eigenvalue weighted by Crippen LogP contribution is -1.76. The van der Waals surface area contributed by atoms with Gasteiger partial charge in [-0.3, -0.25) is 0 Å². The van der Waals surface area contributed by atoms with Gasteiger partial charge in [-0.1, -0.05) is 25.7 Å². The number of hydrogen-bond donors (Lipinski definition) is 1. The molecule has 0 saturated heterocycles. The quantitative estimate of drug-likeness (QED) is 0.467. The first-order valence-electron chi connectivity index (χ1n) is 2.86. The van der Waals surface area contributed by atoms with Gasteiger partial charge in [-0.25, -0.2) is 0 Å². The monoisotopic (exact) mass is 122 g/mol. The topological polar surface area (TPSA) is 20.2 Å². The van der Waals surface area contributed by atoms with Crippen LogP contribution in [0.1, 0.15) is 13.8 Å². The zero-order valence-electron chi connectivity index (χ0n) is 5.73. The fourth-order valence-electron chi connectivity index (χ4n) is 0.264. The SMILES string of the molecule is CC(C)C#CC#CCO. The largest absolute Gasteiger partial charge is 0.384 e.